The number of nitro groups is 1. The normalized spacial score (nSPS) is 15.1. The van der Waals surface area contributed by atoms with Crippen LogP contribution in [0.5, 0.6) is 0 Å². The van der Waals surface area contributed by atoms with Gasteiger partial charge in [-0.05, 0) is 18.9 Å². The van der Waals surface area contributed by atoms with Crippen LogP contribution in [0.2, 0.25) is 5.02 Å². The van der Waals surface area contributed by atoms with Crippen molar-refractivity contribution < 1.29 is 23.2 Å². The monoisotopic (exact) mass is 334 g/mol. The van der Waals surface area contributed by atoms with Crippen molar-refractivity contribution in [1.29, 1.82) is 0 Å². The lowest BCUT2D eigenvalue weighted by molar-refractivity contribution is -0.385. The number of benzene rings is 1. The lowest BCUT2D eigenvalue weighted by atomic mass is 10.3. The number of halogens is 1. The average molecular weight is 335 g/mol. The largest absolute Gasteiger partial charge is 0.480 e. The first kappa shape index (κ1) is 15.7. The zero-order valence-electron chi connectivity index (χ0n) is 10.6. The van der Waals surface area contributed by atoms with Crippen molar-refractivity contribution in [2.45, 2.75) is 23.8 Å². The first-order chi connectivity index (χ1) is 9.73. The molecule has 8 nitrogen and oxygen atoms in total. The number of carbonyl (C=O) groups is 1. The molecule has 1 aromatic carbocycles. The van der Waals surface area contributed by atoms with Crippen LogP contribution in [0.25, 0.3) is 0 Å². The Morgan fingerprint density at radius 2 is 2.10 bits per heavy atom. The molecule has 0 bridgehead atoms. The maximum absolute atomic E-state index is 12.5. The Balaban J connectivity index is 2.48. The fourth-order valence-corrected chi connectivity index (χ4v) is 3.97. The molecule has 2 rings (SSSR count). The molecule has 1 saturated carbocycles. The van der Waals surface area contributed by atoms with Gasteiger partial charge in [0.25, 0.3) is 5.69 Å². The number of nitro benzene ring substituents is 1. The van der Waals surface area contributed by atoms with E-state index in [1.165, 1.54) is 0 Å². The highest BCUT2D eigenvalue weighted by Gasteiger charge is 2.40. The molecule has 0 atom stereocenters. The van der Waals surface area contributed by atoms with Crippen molar-refractivity contribution in [3.63, 3.8) is 0 Å². The number of hydrogen-bond donors (Lipinski definition) is 1. The summed E-state index contributed by atoms with van der Waals surface area (Å²) in [6, 6.07) is 2.63. The molecular weight excluding hydrogens is 324 g/mol. The Labute approximate surface area is 125 Å². The predicted octanol–water partition coefficient (Wildman–Crippen LogP) is 1.49. The second-order valence-corrected chi connectivity index (χ2v) is 6.81. The summed E-state index contributed by atoms with van der Waals surface area (Å²) < 4.78 is 25.8. The summed E-state index contributed by atoms with van der Waals surface area (Å²) in [4.78, 5) is 20.4. The summed E-state index contributed by atoms with van der Waals surface area (Å²) in [6.07, 6.45) is 1.11. The van der Waals surface area contributed by atoms with Crippen LogP contribution < -0.4 is 0 Å². The molecule has 1 fully saturated rings. The van der Waals surface area contributed by atoms with Crippen LogP contribution in [0.1, 0.15) is 12.8 Å². The van der Waals surface area contributed by atoms with Gasteiger partial charge in [0.1, 0.15) is 11.4 Å². The first-order valence-corrected chi connectivity index (χ1v) is 7.73. The minimum Gasteiger partial charge on any atom is -0.480 e. The molecule has 0 radical (unpaired) electrons. The SMILES string of the molecule is O=C(O)CN(C1CC1)S(=O)(=O)c1cc([N+](=O)[O-])ccc1Cl. The molecule has 1 N–H and O–H groups in total. The summed E-state index contributed by atoms with van der Waals surface area (Å²) in [5.74, 6) is -1.30. The van der Waals surface area contributed by atoms with Gasteiger partial charge < -0.3 is 5.11 Å². The van der Waals surface area contributed by atoms with Gasteiger partial charge in [-0.25, -0.2) is 8.42 Å². The molecule has 21 heavy (non-hydrogen) atoms. The lowest BCUT2D eigenvalue weighted by Gasteiger charge is -2.20. The van der Waals surface area contributed by atoms with E-state index in [2.05, 4.69) is 0 Å². The van der Waals surface area contributed by atoms with Crippen molar-refractivity contribution >= 4 is 33.3 Å². The summed E-state index contributed by atoms with van der Waals surface area (Å²) in [5, 5.41) is 19.4. The van der Waals surface area contributed by atoms with Crippen LogP contribution in [0.4, 0.5) is 5.69 Å². The van der Waals surface area contributed by atoms with Crippen LogP contribution >= 0.6 is 11.6 Å². The van der Waals surface area contributed by atoms with Gasteiger partial charge in [0.05, 0.1) is 9.95 Å². The topological polar surface area (TPSA) is 118 Å². The summed E-state index contributed by atoms with van der Waals surface area (Å²) in [6.45, 7) is -0.702. The van der Waals surface area contributed by atoms with Crippen LogP contribution in [0.15, 0.2) is 23.1 Å². The number of carboxylic acids is 1. The second-order valence-electron chi connectivity index (χ2n) is 4.55. The van der Waals surface area contributed by atoms with Gasteiger partial charge in [0.2, 0.25) is 10.0 Å². The summed E-state index contributed by atoms with van der Waals surface area (Å²) in [7, 11) is -4.20. The maximum Gasteiger partial charge on any atom is 0.318 e. The highest BCUT2D eigenvalue weighted by molar-refractivity contribution is 7.89. The van der Waals surface area contributed by atoms with Crippen molar-refractivity contribution in [3.8, 4) is 0 Å². The molecule has 1 aromatic rings. The smallest absolute Gasteiger partial charge is 0.318 e. The highest BCUT2D eigenvalue weighted by atomic mass is 35.5. The molecule has 0 aliphatic heterocycles. The molecule has 0 heterocycles. The maximum atomic E-state index is 12.5. The van der Waals surface area contributed by atoms with Crippen LogP contribution in [-0.4, -0.2) is 41.3 Å². The molecule has 0 amide bonds. The molecule has 0 aromatic heterocycles. The Kier molecular flexibility index (Phi) is 4.17. The molecule has 1 aliphatic rings. The highest BCUT2D eigenvalue weighted by Crippen LogP contribution is 2.35. The van der Waals surface area contributed by atoms with E-state index >= 15 is 0 Å². The number of non-ortho nitro benzene ring substituents is 1. The third-order valence-corrected chi connectivity index (χ3v) is 5.34. The summed E-state index contributed by atoms with van der Waals surface area (Å²) >= 11 is 5.82. The Hall–Kier alpha value is -1.71. The Morgan fingerprint density at radius 1 is 1.48 bits per heavy atom. The zero-order chi connectivity index (χ0) is 15.8. The third-order valence-electron chi connectivity index (χ3n) is 2.96. The second kappa shape index (κ2) is 5.58. The van der Waals surface area contributed by atoms with Crippen molar-refractivity contribution in [2.75, 3.05) is 6.54 Å². The standard InChI is InChI=1S/C11H11ClN2O6S/c12-9-4-3-8(14(17)18)5-10(9)21(19,20)13(6-11(15)16)7-1-2-7/h3-5,7H,1-2,6H2,(H,15,16). The minimum absolute atomic E-state index is 0.184. The van der Waals surface area contributed by atoms with E-state index in [9.17, 15) is 23.3 Å². The number of aliphatic carboxylic acids is 1. The molecule has 0 saturated heterocycles. The molecule has 0 unspecified atom stereocenters. The van der Waals surface area contributed by atoms with E-state index in [4.69, 9.17) is 16.7 Å². The van der Waals surface area contributed by atoms with E-state index in [0.717, 1.165) is 22.5 Å². The fraction of sp³-hybridized carbons (Fsp3) is 0.364. The Morgan fingerprint density at radius 3 is 2.57 bits per heavy atom. The molecule has 1 aliphatic carbocycles. The number of rotatable bonds is 6. The van der Waals surface area contributed by atoms with Crippen molar-refractivity contribution in [2.24, 2.45) is 0 Å². The summed E-state index contributed by atoms with van der Waals surface area (Å²) in [5.41, 5.74) is -0.427. The number of carboxylic acid groups (broad SMARTS) is 1. The number of hydrogen-bond acceptors (Lipinski definition) is 5. The van der Waals surface area contributed by atoms with Gasteiger partial charge in [0, 0.05) is 18.2 Å². The van der Waals surface area contributed by atoms with E-state index in [0.29, 0.717) is 12.8 Å². The first-order valence-electron chi connectivity index (χ1n) is 5.91. The zero-order valence-corrected chi connectivity index (χ0v) is 12.2. The number of nitrogens with zero attached hydrogens (tertiary/aromatic N) is 2. The predicted molar refractivity (Wildman–Crippen MR) is 72.7 cm³/mol. The van der Waals surface area contributed by atoms with E-state index in [1.807, 2.05) is 0 Å². The minimum atomic E-state index is -4.20. The fourth-order valence-electron chi connectivity index (χ4n) is 1.84. The van der Waals surface area contributed by atoms with Crippen LogP contribution in [0.3, 0.4) is 0 Å². The third kappa shape index (κ3) is 3.31. The van der Waals surface area contributed by atoms with E-state index < -0.39 is 44.1 Å². The quantitative estimate of drug-likeness (QED) is 0.622. The van der Waals surface area contributed by atoms with Gasteiger partial charge in [-0.1, -0.05) is 11.6 Å². The lowest BCUT2D eigenvalue weighted by Crippen LogP contribution is -2.37. The molecule has 0 spiro atoms. The van der Waals surface area contributed by atoms with E-state index in [1.54, 1.807) is 0 Å². The van der Waals surface area contributed by atoms with Gasteiger partial charge >= 0.3 is 5.97 Å². The van der Waals surface area contributed by atoms with Crippen LogP contribution in [0, 0.1) is 10.1 Å². The number of sulfonamides is 1. The molecular formula is C11H11ClN2O6S. The molecule has 10 heteroatoms. The Bertz CT molecular complexity index is 701. The average Bonchev–Trinajstić information content (AvgIpc) is 3.19. The molecule has 114 valence electrons. The van der Waals surface area contributed by atoms with Gasteiger partial charge in [-0.2, -0.15) is 4.31 Å². The van der Waals surface area contributed by atoms with E-state index in [-0.39, 0.29) is 5.02 Å². The van der Waals surface area contributed by atoms with Crippen molar-refractivity contribution in [3.05, 3.63) is 33.3 Å². The van der Waals surface area contributed by atoms with Gasteiger partial charge in [0.15, 0.2) is 0 Å². The van der Waals surface area contributed by atoms with Crippen LogP contribution in [-0.2, 0) is 14.8 Å². The van der Waals surface area contributed by atoms with Crippen molar-refractivity contribution in [1.82, 2.24) is 4.31 Å². The van der Waals surface area contributed by atoms with Gasteiger partial charge in [-0.15, -0.1) is 0 Å². The van der Waals surface area contributed by atoms with Gasteiger partial charge in [-0.3, -0.25) is 14.9 Å².